The van der Waals surface area contributed by atoms with Gasteiger partial charge in [0.2, 0.25) is 0 Å². The Morgan fingerprint density at radius 2 is 2.20 bits per heavy atom. The first kappa shape index (κ1) is 10.7. The summed E-state index contributed by atoms with van der Waals surface area (Å²) in [5.74, 6) is 0.557. The highest BCUT2D eigenvalue weighted by molar-refractivity contribution is 5.90. The molecule has 84 valence electrons. The molecule has 3 atom stereocenters. The Labute approximate surface area is 90.2 Å². The van der Waals surface area contributed by atoms with Crippen LogP contribution in [0.3, 0.4) is 0 Å². The molecule has 2 aliphatic carbocycles. The molecule has 3 heteroatoms. The van der Waals surface area contributed by atoms with Gasteiger partial charge in [-0.15, -0.1) is 0 Å². The van der Waals surface area contributed by atoms with Crippen molar-refractivity contribution >= 4 is 11.8 Å². The second kappa shape index (κ2) is 3.32. The Kier molecular flexibility index (Phi) is 2.36. The number of fused-ring (bicyclic) bond motifs is 2. The molecule has 3 nitrogen and oxygen atoms in total. The monoisotopic (exact) mass is 210 g/mol. The molecule has 0 aromatic carbocycles. The Balaban J connectivity index is 2.13. The van der Waals surface area contributed by atoms with Crippen molar-refractivity contribution in [1.82, 2.24) is 0 Å². The fourth-order valence-corrected chi connectivity index (χ4v) is 3.43. The van der Waals surface area contributed by atoms with Gasteiger partial charge < -0.3 is 4.74 Å². The second-order valence-corrected chi connectivity index (χ2v) is 5.52. The molecule has 2 saturated carbocycles. The molecule has 2 rings (SSSR count). The largest absolute Gasteiger partial charge is 0.469 e. The summed E-state index contributed by atoms with van der Waals surface area (Å²) in [6.07, 6.45) is 2.25. The third-order valence-electron chi connectivity index (χ3n) is 4.18. The van der Waals surface area contributed by atoms with Gasteiger partial charge in [-0.3, -0.25) is 9.59 Å². The summed E-state index contributed by atoms with van der Waals surface area (Å²) in [6, 6.07) is 0. The number of carbonyl (C=O) groups excluding carboxylic acids is 2. The van der Waals surface area contributed by atoms with Crippen LogP contribution in [0.1, 0.15) is 33.1 Å². The molecule has 0 amide bonds. The molecule has 0 radical (unpaired) electrons. The highest BCUT2D eigenvalue weighted by Gasteiger charge is 2.56. The van der Waals surface area contributed by atoms with Gasteiger partial charge >= 0.3 is 5.97 Å². The van der Waals surface area contributed by atoms with E-state index >= 15 is 0 Å². The number of hydrogen-bond acceptors (Lipinski definition) is 3. The summed E-state index contributed by atoms with van der Waals surface area (Å²) in [4.78, 5) is 23.1. The van der Waals surface area contributed by atoms with Gasteiger partial charge in [0.1, 0.15) is 5.78 Å². The van der Waals surface area contributed by atoms with Crippen LogP contribution in [-0.2, 0) is 14.3 Å². The van der Waals surface area contributed by atoms with Crippen molar-refractivity contribution in [3.8, 4) is 0 Å². The number of hydrogen-bond donors (Lipinski definition) is 0. The number of ether oxygens (including phenoxy) is 1. The zero-order valence-corrected chi connectivity index (χ0v) is 9.58. The summed E-state index contributed by atoms with van der Waals surface area (Å²) >= 11 is 0. The van der Waals surface area contributed by atoms with Gasteiger partial charge in [-0.05, 0) is 24.2 Å². The fraction of sp³-hybridized carbons (Fsp3) is 0.833. The lowest BCUT2D eigenvalue weighted by molar-refractivity contribution is -0.145. The molecule has 0 aromatic rings. The van der Waals surface area contributed by atoms with Gasteiger partial charge in [-0.1, -0.05) is 13.8 Å². The lowest BCUT2D eigenvalue weighted by atomic mass is 9.69. The van der Waals surface area contributed by atoms with Gasteiger partial charge in [0.05, 0.1) is 13.5 Å². The normalized spacial score (nSPS) is 37.0. The van der Waals surface area contributed by atoms with E-state index in [4.69, 9.17) is 0 Å². The van der Waals surface area contributed by atoms with Crippen LogP contribution in [0.2, 0.25) is 0 Å². The van der Waals surface area contributed by atoms with Crippen molar-refractivity contribution in [3.63, 3.8) is 0 Å². The summed E-state index contributed by atoms with van der Waals surface area (Å²) in [5, 5.41) is 0. The van der Waals surface area contributed by atoms with Gasteiger partial charge in [0.25, 0.3) is 0 Å². The van der Waals surface area contributed by atoms with Crippen molar-refractivity contribution in [2.24, 2.45) is 23.2 Å². The van der Waals surface area contributed by atoms with Crippen LogP contribution in [-0.4, -0.2) is 18.9 Å². The average Bonchev–Trinajstić information content (AvgIpc) is 2.62. The predicted molar refractivity (Wildman–Crippen MR) is 55.1 cm³/mol. The Morgan fingerprint density at radius 1 is 1.53 bits per heavy atom. The molecule has 2 aliphatic rings. The molecule has 0 spiro atoms. The summed E-state index contributed by atoms with van der Waals surface area (Å²) in [6.45, 7) is 4.41. The highest BCUT2D eigenvalue weighted by atomic mass is 16.5. The minimum atomic E-state index is -0.253. The molecule has 0 aromatic heterocycles. The molecule has 15 heavy (non-hydrogen) atoms. The number of esters is 1. The number of methoxy groups -OCH3 is 1. The molecule has 0 N–H and O–H groups in total. The zero-order chi connectivity index (χ0) is 11.2. The summed E-state index contributed by atoms with van der Waals surface area (Å²) in [5.41, 5.74) is 0.220. The maximum atomic E-state index is 11.9. The number of ketones is 1. The van der Waals surface area contributed by atoms with Crippen molar-refractivity contribution in [2.45, 2.75) is 33.1 Å². The van der Waals surface area contributed by atoms with Crippen LogP contribution < -0.4 is 0 Å². The first-order chi connectivity index (χ1) is 6.95. The lowest BCUT2D eigenvalue weighted by Gasteiger charge is -2.34. The Bertz CT molecular complexity index is 306. The first-order valence-corrected chi connectivity index (χ1v) is 5.56. The third kappa shape index (κ3) is 1.58. The van der Waals surface area contributed by atoms with Gasteiger partial charge in [0, 0.05) is 11.8 Å². The van der Waals surface area contributed by atoms with Crippen LogP contribution in [0.5, 0.6) is 0 Å². The van der Waals surface area contributed by atoms with E-state index in [1.54, 1.807) is 0 Å². The van der Waals surface area contributed by atoms with Crippen LogP contribution >= 0.6 is 0 Å². The Hall–Kier alpha value is -0.860. The van der Waals surface area contributed by atoms with Gasteiger partial charge in [-0.2, -0.15) is 0 Å². The van der Waals surface area contributed by atoms with E-state index in [0.29, 0.717) is 11.7 Å². The third-order valence-corrected chi connectivity index (χ3v) is 4.18. The Morgan fingerprint density at radius 3 is 2.73 bits per heavy atom. The summed E-state index contributed by atoms with van der Waals surface area (Å²) in [7, 11) is 1.38. The van der Waals surface area contributed by atoms with E-state index in [1.807, 2.05) is 0 Å². The van der Waals surface area contributed by atoms with Crippen LogP contribution in [0, 0.1) is 23.2 Å². The van der Waals surface area contributed by atoms with Gasteiger partial charge in [0.15, 0.2) is 0 Å². The van der Waals surface area contributed by atoms with Gasteiger partial charge in [-0.25, -0.2) is 0 Å². The SMILES string of the molecule is COC(=O)C[C@H]1C(=O)[C@H]2C[C@H]1C(C)(C)C2. The van der Waals surface area contributed by atoms with E-state index in [9.17, 15) is 9.59 Å². The molecular weight excluding hydrogens is 192 g/mol. The maximum Gasteiger partial charge on any atom is 0.306 e. The molecule has 0 saturated heterocycles. The minimum absolute atomic E-state index is 0.0776. The minimum Gasteiger partial charge on any atom is -0.469 e. The van der Waals surface area contributed by atoms with Crippen LogP contribution in [0.15, 0.2) is 0 Å². The number of carbonyl (C=O) groups is 2. The van der Waals surface area contributed by atoms with Crippen molar-refractivity contribution in [3.05, 3.63) is 0 Å². The molecule has 0 heterocycles. The maximum absolute atomic E-state index is 11.9. The van der Waals surface area contributed by atoms with Crippen molar-refractivity contribution in [2.75, 3.05) is 7.11 Å². The highest BCUT2D eigenvalue weighted by Crippen LogP contribution is 2.57. The number of Topliss-reactive ketones (excluding diaryl/α,β-unsaturated/α-hetero) is 1. The van der Waals surface area contributed by atoms with E-state index < -0.39 is 0 Å². The predicted octanol–water partition coefficient (Wildman–Crippen LogP) is 1.80. The first-order valence-electron chi connectivity index (χ1n) is 5.56. The molecule has 2 fully saturated rings. The second-order valence-electron chi connectivity index (χ2n) is 5.52. The van der Waals surface area contributed by atoms with Crippen molar-refractivity contribution < 1.29 is 14.3 Å². The number of rotatable bonds is 2. The topological polar surface area (TPSA) is 43.4 Å². The molecular formula is C12H18O3. The van der Waals surface area contributed by atoms with Crippen LogP contribution in [0.4, 0.5) is 0 Å². The lowest BCUT2D eigenvalue weighted by Crippen LogP contribution is -2.35. The zero-order valence-electron chi connectivity index (χ0n) is 9.58. The van der Waals surface area contributed by atoms with E-state index in [-0.39, 0.29) is 29.6 Å². The van der Waals surface area contributed by atoms with Crippen LogP contribution in [0.25, 0.3) is 0 Å². The smallest absolute Gasteiger partial charge is 0.306 e. The molecule has 0 aliphatic heterocycles. The molecule has 0 unspecified atom stereocenters. The van der Waals surface area contributed by atoms with E-state index in [2.05, 4.69) is 18.6 Å². The average molecular weight is 210 g/mol. The quantitative estimate of drug-likeness (QED) is 0.653. The standard InChI is InChI=1S/C12H18O3/c1-12(2)6-7-4-9(12)8(11(7)14)5-10(13)15-3/h7-9H,4-6H2,1-3H3/t7-,8+,9+/m0/s1. The van der Waals surface area contributed by atoms with E-state index in [1.165, 1.54) is 7.11 Å². The van der Waals surface area contributed by atoms with Crippen molar-refractivity contribution in [1.29, 1.82) is 0 Å². The van der Waals surface area contributed by atoms with E-state index in [0.717, 1.165) is 12.8 Å². The fourth-order valence-electron chi connectivity index (χ4n) is 3.43. The summed E-state index contributed by atoms with van der Waals surface area (Å²) < 4.78 is 4.65. The molecule has 2 bridgehead atoms.